The quantitative estimate of drug-likeness (QED) is 0.777. The van der Waals surface area contributed by atoms with Gasteiger partial charge in [0.05, 0.1) is 5.56 Å². The lowest BCUT2D eigenvalue weighted by molar-refractivity contribution is -0.141. The summed E-state index contributed by atoms with van der Waals surface area (Å²) in [6, 6.07) is 4.39. The molecule has 0 bridgehead atoms. The molecule has 0 aliphatic heterocycles. The molecule has 1 aromatic rings. The van der Waals surface area contributed by atoms with Crippen LogP contribution < -0.4 is 5.32 Å². The zero-order valence-corrected chi connectivity index (χ0v) is 14.6. The van der Waals surface area contributed by atoms with Crippen molar-refractivity contribution in [3.05, 3.63) is 32.7 Å². The van der Waals surface area contributed by atoms with Crippen LogP contribution in [0.1, 0.15) is 42.5 Å². The smallest absolute Gasteiger partial charge is 0.326 e. The van der Waals surface area contributed by atoms with Crippen LogP contribution in [0, 0.1) is 5.92 Å². The molecule has 4 nitrogen and oxygen atoms in total. The Bertz CT molecular complexity index is 542. The van der Waals surface area contributed by atoms with Gasteiger partial charge in [-0.2, -0.15) is 0 Å². The van der Waals surface area contributed by atoms with Gasteiger partial charge >= 0.3 is 5.97 Å². The number of benzene rings is 1. The fraction of sp³-hybridized carbons (Fsp3) is 0.467. The monoisotopic (exact) mass is 417 g/mol. The zero-order valence-electron chi connectivity index (χ0n) is 11.4. The normalized spacial score (nSPS) is 17.2. The molecular weight excluding hydrogens is 402 g/mol. The second-order valence-corrected chi connectivity index (χ2v) is 7.08. The van der Waals surface area contributed by atoms with E-state index in [1.54, 1.807) is 18.2 Å². The van der Waals surface area contributed by atoms with Gasteiger partial charge in [0.1, 0.15) is 6.04 Å². The number of hydrogen-bond acceptors (Lipinski definition) is 2. The number of amides is 1. The highest BCUT2D eigenvalue weighted by Gasteiger charge is 2.31. The number of hydrogen-bond donors (Lipinski definition) is 2. The summed E-state index contributed by atoms with van der Waals surface area (Å²) in [7, 11) is 0. The summed E-state index contributed by atoms with van der Waals surface area (Å²) in [6.45, 7) is 0. The Morgan fingerprint density at radius 2 is 1.86 bits per heavy atom. The van der Waals surface area contributed by atoms with Gasteiger partial charge in [-0.05, 0) is 52.9 Å². The number of carbonyl (C=O) groups excluding carboxylic acids is 1. The SMILES string of the molecule is O=C(NC(C(=O)O)C1CCCCC1)c1ccc(Br)cc1Br. The van der Waals surface area contributed by atoms with Gasteiger partial charge in [-0.15, -0.1) is 0 Å². The van der Waals surface area contributed by atoms with E-state index in [2.05, 4.69) is 37.2 Å². The molecule has 1 amide bonds. The van der Waals surface area contributed by atoms with Crippen molar-refractivity contribution in [3.63, 3.8) is 0 Å². The summed E-state index contributed by atoms with van der Waals surface area (Å²) in [5.41, 5.74) is 0.445. The van der Waals surface area contributed by atoms with Crippen molar-refractivity contribution < 1.29 is 14.7 Å². The van der Waals surface area contributed by atoms with Crippen molar-refractivity contribution in [2.45, 2.75) is 38.1 Å². The van der Waals surface area contributed by atoms with E-state index < -0.39 is 12.0 Å². The molecule has 1 unspecified atom stereocenters. The number of carbonyl (C=O) groups is 2. The van der Waals surface area contributed by atoms with Crippen LogP contribution in [0.3, 0.4) is 0 Å². The topological polar surface area (TPSA) is 66.4 Å². The molecule has 0 saturated heterocycles. The summed E-state index contributed by atoms with van der Waals surface area (Å²) in [6.07, 6.45) is 4.94. The Balaban J connectivity index is 2.12. The first-order valence-corrected chi connectivity index (χ1v) is 8.56. The van der Waals surface area contributed by atoms with Crippen LogP contribution in [-0.4, -0.2) is 23.0 Å². The summed E-state index contributed by atoms with van der Waals surface area (Å²) in [4.78, 5) is 23.8. The Hall–Kier alpha value is -0.880. The molecule has 1 aromatic carbocycles. The fourth-order valence-electron chi connectivity index (χ4n) is 2.74. The van der Waals surface area contributed by atoms with Gasteiger partial charge in [0, 0.05) is 8.95 Å². The highest BCUT2D eigenvalue weighted by Crippen LogP contribution is 2.27. The predicted octanol–water partition coefficient (Wildman–Crippen LogP) is 3.97. The molecule has 1 aliphatic carbocycles. The van der Waals surface area contributed by atoms with Crippen molar-refractivity contribution in [2.24, 2.45) is 5.92 Å². The Morgan fingerprint density at radius 1 is 1.19 bits per heavy atom. The Labute approximate surface area is 140 Å². The zero-order chi connectivity index (χ0) is 15.4. The van der Waals surface area contributed by atoms with Crippen molar-refractivity contribution >= 4 is 43.7 Å². The summed E-state index contributed by atoms with van der Waals surface area (Å²) in [5.74, 6) is -1.29. The minimum Gasteiger partial charge on any atom is -0.480 e. The molecule has 114 valence electrons. The molecule has 21 heavy (non-hydrogen) atoms. The van der Waals surface area contributed by atoms with Crippen molar-refractivity contribution in [3.8, 4) is 0 Å². The van der Waals surface area contributed by atoms with E-state index in [4.69, 9.17) is 0 Å². The van der Waals surface area contributed by atoms with E-state index in [1.807, 2.05) is 0 Å². The molecule has 1 saturated carbocycles. The largest absolute Gasteiger partial charge is 0.480 e. The molecule has 1 atom stereocenters. The summed E-state index contributed by atoms with van der Waals surface area (Å²) >= 11 is 6.66. The maximum absolute atomic E-state index is 12.3. The predicted molar refractivity (Wildman–Crippen MR) is 87.3 cm³/mol. The summed E-state index contributed by atoms with van der Waals surface area (Å²) in [5, 5.41) is 12.1. The van der Waals surface area contributed by atoms with Crippen LogP contribution in [0.5, 0.6) is 0 Å². The Morgan fingerprint density at radius 3 is 2.43 bits per heavy atom. The highest BCUT2D eigenvalue weighted by atomic mass is 79.9. The first-order valence-electron chi connectivity index (χ1n) is 6.98. The molecule has 0 spiro atoms. The molecule has 2 N–H and O–H groups in total. The van der Waals surface area contributed by atoms with Gasteiger partial charge in [0.15, 0.2) is 0 Å². The summed E-state index contributed by atoms with van der Waals surface area (Å²) < 4.78 is 1.50. The van der Waals surface area contributed by atoms with E-state index in [1.165, 1.54) is 0 Å². The lowest BCUT2D eigenvalue weighted by Gasteiger charge is -2.28. The van der Waals surface area contributed by atoms with E-state index in [0.717, 1.165) is 36.6 Å². The maximum Gasteiger partial charge on any atom is 0.326 e. The van der Waals surface area contributed by atoms with Crippen LogP contribution in [0.2, 0.25) is 0 Å². The maximum atomic E-state index is 12.3. The number of aliphatic carboxylic acids is 1. The molecule has 1 fully saturated rings. The van der Waals surface area contributed by atoms with Gasteiger partial charge in [0.2, 0.25) is 0 Å². The molecule has 2 rings (SSSR count). The first-order chi connectivity index (χ1) is 9.99. The number of rotatable bonds is 4. The minimum absolute atomic E-state index is 0.0226. The van der Waals surface area contributed by atoms with Crippen LogP contribution in [0.15, 0.2) is 27.1 Å². The number of carboxylic acids is 1. The number of nitrogens with one attached hydrogen (secondary N) is 1. The second-order valence-electron chi connectivity index (χ2n) is 5.31. The molecular formula is C15H17Br2NO3. The van der Waals surface area contributed by atoms with Gasteiger partial charge < -0.3 is 10.4 Å². The van der Waals surface area contributed by atoms with E-state index in [9.17, 15) is 14.7 Å². The fourth-order valence-corrected chi connectivity index (χ4v) is 3.97. The Kier molecular flexibility index (Phi) is 5.81. The second kappa shape index (κ2) is 7.40. The third-order valence-electron chi connectivity index (χ3n) is 3.85. The van der Waals surface area contributed by atoms with Crippen molar-refractivity contribution in [1.29, 1.82) is 0 Å². The molecule has 0 aromatic heterocycles. The lowest BCUT2D eigenvalue weighted by atomic mass is 9.84. The van der Waals surface area contributed by atoms with Crippen LogP contribution >= 0.6 is 31.9 Å². The number of carboxylic acid groups (broad SMARTS) is 1. The van der Waals surface area contributed by atoms with Gasteiger partial charge in [-0.25, -0.2) is 4.79 Å². The standard InChI is InChI=1S/C15H17Br2NO3/c16-10-6-7-11(12(17)8-10)14(19)18-13(15(20)21)9-4-2-1-3-5-9/h6-9,13H,1-5H2,(H,18,19)(H,20,21). The van der Waals surface area contributed by atoms with Crippen molar-refractivity contribution in [1.82, 2.24) is 5.32 Å². The van der Waals surface area contributed by atoms with E-state index >= 15 is 0 Å². The molecule has 6 heteroatoms. The molecule has 0 radical (unpaired) electrons. The van der Waals surface area contributed by atoms with Crippen LogP contribution in [0.4, 0.5) is 0 Å². The third-order valence-corrected chi connectivity index (χ3v) is 5.00. The minimum atomic E-state index is -0.955. The average Bonchev–Trinajstić information content (AvgIpc) is 2.45. The van der Waals surface area contributed by atoms with Crippen molar-refractivity contribution in [2.75, 3.05) is 0 Å². The molecule has 0 heterocycles. The van der Waals surface area contributed by atoms with Gasteiger partial charge in [-0.3, -0.25) is 4.79 Å². The van der Waals surface area contributed by atoms with Crippen LogP contribution in [-0.2, 0) is 4.79 Å². The first kappa shape index (κ1) is 16.5. The average molecular weight is 419 g/mol. The highest BCUT2D eigenvalue weighted by molar-refractivity contribution is 9.11. The van der Waals surface area contributed by atoms with E-state index in [-0.39, 0.29) is 11.8 Å². The lowest BCUT2D eigenvalue weighted by Crippen LogP contribution is -2.46. The molecule has 1 aliphatic rings. The van der Waals surface area contributed by atoms with Crippen LogP contribution in [0.25, 0.3) is 0 Å². The number of halogens is 2. The van der Waals surface area contributed by atoms with Gasteiger partial charge in [0.25, 0.3) is 5.91 Å². The third kappa shape index (κ3) is 4.30. The van der Waals surface area contributed by atoms with Gasteiger partial charge in [-0.1, -0.05) is 35.2 Å². The van der Waals surface area contributed by atoms with E-state index in [0.29, 0.717) is 10.0 Å².